The van der Waals surface area contributed by atoms with Gasteiger partial charge in [0.25, 0.3) is 0 Å². The van der Waals surface area contributed by atoms with E-state index in [9.17, 15) is 0 Å². The van der Waals surface area contributed by atoms with E-state index in [1.54, 1.807) is 0 Å². The van der Waals surface area contributed by atoms with Crippen LogP contribution in [0.25, 0.3) is 0 Å². The Labute approximate surface area is 113 Å². The molecule has 0 radical (unpaired) electrons. The number of nitrogens with zero attached hydrogens (tertiary/aromatic N) is 1. The maximum atomic E-state index is 5.77. The van der Waals surface area contributed by atoms with Crippen molar-refractivity contribution in [3.8, 4) is 0 Å². The molecule has 0 spiro atoms. The monoisotopic (exact) mass is 254 g/mol. The fourth-order valence-corrected chi connectivity index (χ4v) is 2.36. The lowest BCUT2D eigenvalue weighted by Gasteiger charge is -2.20. The molecular formula is C16H18N2O. The minimum absolute atomic E-state index is 0.126. The lowest BCUT2D eigenvalue weighted by Crippen LogP contribution is -2.17. The molecule has 1 aromatic carbocycles. The lowest BCUT2D eigenvalue weighted by molar-refractivity contribution is 0.278. The minimum atomic E-state index is -0.126. The number of hydrogen-bond acceptors (Lipinski definition) is 3. The summed E-state index contributed by atoms with van der Waals surface area (Å²) >= 11 is 0. The van der Waals surface area contributed by atoms with Crippen LogP contribution in [0.5, 0.6) is 0 Å². The Balaban J connectivity index is 1.94. The van der Waals surface area contributed by atoms with Gasteiger partial charge in [0, 0.05) is 17.7 Å². The van der Waals surface area contributed by atoms with E-state index in [1.807, 2.05) is 18.5 Å². The molecule has 1 atom stereocenters. The third-order valence-electron chi connectivity index (χ3n) is 3.33. The number of aliphatic imine (C=N–C) groups is 1. The molecule has 0 bridgehead atoms. The first kappa shape index (κ1) is 12.0. The van der Waals surface area contributed by atoms with E-state index in [4.69, 9.17) is 4.74 Å². The smallest absolute Gasteiger partial charge is 0.215 e. The lowest BCUT2D eigenvalue weighted by atomic mass is 9.90. The highest BCUT2D eigenvalue weighted by atomic mass is 16.5. The summed E-state index contributed by atoms with van der Waals surface area (Å²) in [6, 6.07) is 10.4. The van der Waals surface area contributed by atoms with Gasteiger partial charge in [0.2, 0.25) is 5.90 Å². The van der Waals surface area contributed by atoms with Crippen molar-refractivity contribution < 1.29 is 4.74 Å². The molecule has 0 saturated carbocycles. The predicted molar refractivity (Wildman–Crippen MR) is 77.0 cm³/mol. The zero-order valence-electron chi connectivity index (χ0n) is 11.3. The topological polar surface area (TPSA) is 33.6 Å². The summed E-state index contributed by atoms with van der Waals surface area (Å²) in [6.45, 7) is 4.82. The minimum Gasteiger partial charge on any atom is -0.475 e. The molecule has 1 unspecified atom stereocenters. The number of dihydropyridines is 1. The molecule has 3 heteroatoms. The number of ether oxygens (including phenoxy) is 1. The van der Waals surface area contributed by atoms with Gasteiger partial charge in [-0.15, -0.1) is 0 Å². The van der Waals surface area contributed by atoms with E-state index in [2.05, 4.69) is 54.5 Å². The van der Waals surface area contributed by atoms with Gasteiger partial charge < -0.3 is 10.1 Å². The van der Waals surface area contributed by atoms with Crippen LogP contribution in [-0.4, -0.2) is 18.0 Å². The van der Waals surface area contributed by atoms with Crippen LogP contribution in [0.4, 0.5) is 0 Å². The second-order valence-electron chi connectivity index (χ2n) is 5.53. The molecular weight excluding hydrogens is 236 g/mol. The van der Waals surface area contributed by atoms with Crippen molar-refractivity contribution in [1.82, 2.24) is 5.32 Å². The molecule has 98 valence electrons. The highest BCUT2D eigenvalue weighted by molar-refractivity contribution is 5.97. The van der Waals surface area contributed by atoms with E-state index in [1.165, 1.54) is 5.56 Å². The molecule has 2 heterocycles. The summed E-state index contributed by atoms with van der Waals surface area (Å²) in [5.41, 5.74) is 2.22. The Bertz CT molecular complexity index is 555. The summed E-state index contributed by atoms with van der Waals surface area (Å²) < 4.78 is 5.77. The zero-order chi connectivity index (χ0) is 13.3. The van der Waals surface area contributed by atoms with Crippen LogP contribution >= 0.6 is 0 Å². The molecule has 0 amide bonds. The van der Waals surface area contributed by atoms with Crippen LogP contribution in [0.3, 0.4) is 0 Å². The standard InChI is InChI=1S/C16H18N2O/c1-16(2)11-19-15(18-16)14-10-17-9-8-13(14)12-6-4-3-5-7-12/h3-10,13,17H,11H2,1-2H3. The first-order valence-electron chi connectivity index (χ1n) is 6.56. The van der Waals surface area contributed by atoms with Gasteiger partial charge in [0.1, 0.15) is 6.61 Å². The van der Waals surface area contributed by atoms with Gasteiger partial charge in [-0.2, -0.15) is 0 Å². The van der Waals surface area contributed by atoms with Crippen molar-refractivity contribution in [2.24, 2.45) is 4.99 Å². The predicted octanol–water partition coefficient (Wildman–Crippen LogP) is 2.98. The van der Waals surface area contributed by atoms with Crippen molar-refractivity contribution in [1.29, 1.82) is 0 Å². The highest BCUT2D eigenvalue weighted by Crippen LogP contribution is 2.32. The summed E-state index contributed by atoms with van der Waals surface area (Å²) in [6.07, 6.45) is 6.08. The average molecular weight is 254 g/mol. The molecule has 2 aliphatic heterocycles. The van der Waals surface area contributed by atoms with Gasteiger partial charge >= 0.3 is 0 Å². The van der Waals surface area contributed by atoms with Crippen LogP contribution in [0, 0.1) is 0 Å². The molecule has 2 aliphatic rings. The van der Waals surface area contributed by atoms with Crippen molar-refractivity contribution >= 4 is 5.90 Å². The van der Waals surface area contributed by atoms with Gasteiger partial charge in [-0.1, -0.05) is 36.4 Å². The van der Waals surface area contributed by atoms with Gasteiger partial charge in [-0.05, 0) is 25.6 Å². The summed E-state index contributed by atoms with van der Waals surface area (Å²) in [7, 11) is 0. The largest absolute Gasteiger partial charge is 0.475 e. The summed E-state index contributed by atoms with van der Waals surface area (Å²) in [4.78, 5) is 4.67. The third kappa shape index (κ3) is 2.41. The SMILES string of the molecule is CC1(C)COC(C2=CNC=CC2c2ccccc2)=N1. The van der Waals surface area contributed by atoms with Gasteiger partial charge in [0.15, 0.2) is 0 Å². The molecule has 1 N–H and O–H groups in total. The first-order valence-corrected chi connectivity index (χ1v) is 6.56. The van der Waals surface area contributed by atoms with Crippen LogP contribution < -0.4 is 5.32 Å². The Hall–Kier alpha value is -2.03. The summed E-state index contributed by atoms with van der Waals surface area (Å²) in [5.74, 6) is 0.964. The molecule has 19 heavy (non-hydrogen) atoms. The number of allylic oxidation sites excluding steroid dienone is 1. The first-order chi connectivity index (χ1) is 9.16. The van der Waals surface area contributed by atoms with E-state index in [-0.39, 0.29) is 11.5 Å². The molecule has 3 nitrogen and oxygen atoms in total. The van der Waals surface area contributed by atoms with Gasteiger partial charge in [-0.25, -0.2) is 4.99 Å². The van der Waals surface area contributed by atoms with Crippen LogP contribution in [-0.2, 0) is 4.74 Å². The van der Waals surface area contributed by atoms with E-state index >= 15 is 0 Å². The number of rotatable bonds is 2. The van der Waals surface area contributed by atoms with Crippen molar-refractivity contribution in [2.75, 3.05) is 6.61 Å². The van der Waals surface area contributed by atoms with Crippen molar-refractivity contribution in [2.45, 2.75) is 25.3 Å². The fraction of sp³-hybridized carbons (Fsp3) is 0.312. The maximum Gasteiger partial charge on any atom is 0.215 e. The van der Waals surface area contributed by atoms with Gasteiger partial charge in [-0.3, -0.25) is 0 Å². The molecule has 1 aromatic rings. The van der Waals surface area contributed by atoms with E-state index in [0.29, 0.717) is 6.61 Å². The Morgan fingerprint density at radius 1 is 1.26 bits per heavy atom. The number of benzene rings is 1. The molecule has 3 rings (SSSR count). The number of nitrogens with one attached hydrogen (secondary N) is 1. The Kier molecular flexibility index (Phi) is 2.90. The van der Waals surface area contributed by atoms with E-state index < -0.39 is 0 Å². The van der Waals surface area contributed by atoms with Crippen LogP contribution in [0.15, 0.2) is 59.4 Å². The molecule has 0 saturated heterocycles. The Morgan fingerprint density at radius 3 is 2.74 bits per heavy atom. The average Bonchev–Trinajstić information content (AvgIpc) is 2.80. The van der Waals surface area contributed by atoms with Crippen LogP contribution in [0.1, 0.15) is 25.3 Å². The van der Waals surface area contributed by atoms with Crippen molar-refractivity contribution in [3.63, 3.8) is 0 Å². The third-order valence-corrected chi connectivity index (χ3v) is 3.33. The second kappa shape index (κ2) is 4.57. The second-order valence-corrected chi connectivity index (χ2v) is 5.53. The normalized spacial score (nSPS) is 24.2. The quantitative estimate of drug-likeness (QED) is 0.880. The molecule has 0 aromatic heterocycles. The fourth-order valence-electron chi connectivity index (χ4n) is 2.36. The van der Waals surface area contributed by atoms with Crippen LogP contribution in [0.2, 0.25) is 0 Å². The molecule has 0 aliphatic carbocycles. The zero-order valence-corrected chi connectivity index (χ0v) is 11.3. The highest BCUT2D eigenvalue weighted by Gasteiger charge is 2.31. The van der Waals surface area contributed by atoms with Crippen molar-refractivity contribution in [3.05, 3.63) is 59.9 Å². The van der Waals surface area contributed by atoms with Gasteiger partial charge in [0.05, 0.1) is 5.54 Å². The Morgan fingerprint density at radius 2 is 2.05 bits per heavy atom. The summed E-state index contributed by atoms with van der Waals surface area (Å²) in [5, 5.41) is 3.14. The maximum absolute atomic E-state index is 5.77. The molecule has 0 fully saturated rings. The number of hydrogen-bond donors (Lipinski definition) is 1. The van der Waals surface area contributed by atoms with E-state index in [0.717, 1.165) is 11.5 Å².